The van der Waals surface area contributed by atoms with Crippen LogP contribution < -0.4 is 42.5 Å². The highest BCUT2D eigenvalue weighted by atomic mass is 19.3. The van der Waals surface area contributed by atoms with E-state index in [-0.39, 0.29) is 93.0 Å². The Bertz CT molecular complexity index is 5420. The zero-order valence-electron chi connectivity index (χ0n) is 71.2. The smallest absolute Gasteiger partial charge is 0.275 e. The molecule has 0 saturated heterocycles. The minimum absolute atomic E-state index is 0.0127. The first-order valence-electron chi connectivity index (χ1n) is 38.8. The van der Waals surface area contributed by atoms with Crippen molar-refractivity contribution < 1.29 is 43.3 Å². The molecule has 0 amide bonds. The van der Waals surface area contributed by atoms with Crippen molar-refractivity contribution in [3.8, 4) is 0 Å². The van der Waals surface area contributed by atoms with E-state index in [4.69, 9.17) is 8.22 Å². The average molecular weight is 1600 g/mol. The van der Waals surface area contributed by atoms with E-state index in [2.05, 4.69) is 144 Å². The van der Waals surface area contributed by atoms with Crippen LogP contribution in [0.5, 0.6) is 0 Å². The van der Waals surface area contributed by atoms with Crippen molar-refractivity contribution in [3.63, 3.8) is 0 Å². The minimum atomic E-state index is -3.15. The number of rotatable bonds is 28. The lowest BCUT2D eigenvalue weighted by molar-refractivity contribution is 0.0168. The molecule has 36 nitrogen and oxygen atoms in total. The first kappa shape index (κ1) is 74.3. The second-order valence-corrected chi connectivity index (χ2v) is 29.0. The normalized spacial score (nSPS) is 14.6. The van der Waals surface area contributed by atoms with E-state index in [1.165, 1.54) is 46.5 Å². The molecule has 0 bridgehead atoms. The summed E-state index contributed by atoms with van der Waals surface area (Å²) in [6.07, 6.45) is 20.4. The number of aryl methyl sites for hydroxylation is 4. The second kappa shape index (κ2) is 32.3. The first-order valence-corrected chi connectivity index (χ1v) is 35.8. The molecule has 0 aliphatic heterocycles. The number of nitrogens with zero attached hydrogens (tertiary/aromatic N) is 28. The molecule has 0 aromatic carbocycles. The van der Waals surface area contributed by atoms with Crippen molar-refractivity contribution in [1.29, 1.82) is 0 Å². The number of halogens is 8. The van der Waals surface area contributed by atoms with E-state index >= 15 is 0 Å². The largest absolute Gasteiger partial charge is 0.370 e. The van der Waals surface area contributed by atoms with Gasteiger partial charge in [0.15, 0.2) is 0 Å². The summed E-state index contributed by atoms with van der Waals surface area (Å²) in [6, 6.07) is 6.96. The quantitative estimate of drug-likeness (QED) is 0.0211. The van der Waals surface area contributed by atoms with Gasteiger partial charge in [0.25, 0.3) is 23.7 Å². The fraction of sp³-hybridized carbons (Fsp3) is 0.486. The average Bonchev–Trinajstić information content (AvgIpc) is 1.64. The summed E-state index contributed by atoms with van der Waals surface area (Å²) in [7, 11) is 3.54. The predicted molar refractivity (Wildman–Crippen MR) is 408 cm³/mol. The molecule has 44 heteroatoms. The van der Waals surface area contributed by atoms with Gasteiger partial charge < -0.3 is 42.5 Å². The lowest BCUT2D eigenvalue weighted by atomic mass is 10.0. The monoisotopic (exact) mass is 1590 g/mol. The Morgan fingerprint density at radius 2 is 0.570 bits per heavy atom. The van der Waals surface area contributed by atoms with Crippen LogP contribution in [0.1, 0.15) is 176 Å². The van der Waals surface area contributed by atoms with Crippen LogP contribution in [-0.2, 0) is 73.9 Å². The Kier molecular flexibility index (Phi) is 21.1. The summed E-state index contributed by atoms with van der Waals surface area (Å²) >= 11 is 0. The van der Waals surface area contributed by atoms with Crippen LogP contribution in [0.25, 0.3) is 0 Å². The SMILES string of the molecule is CCNc1nc(Nc2cc(C(C)(C)n3nccn3)nn2C)ncc1C(C)(F)F.Cn1nc(C(C)(C)n2nccn2)cc1Nc1ncc(C(C)(F)F)c(NC2CC2)n1.[2H]C([2H])([2H])n1nc(C(C)(C)n2nccn2)cc1Nc1ncc(C(C)(F)F)c(NC2CC2)n1.[2H]C([2H])([2H])n1nc(C(C)(C)n2nccn2)cc1Nc1ncc(C(C)(F)F)c(NCC)n1. The van der Waals surface area contributed by atoms with Gasteiger partial charge in [0.1, 0.15) is 68.7 Å². The van der Waals surface area contributed by atoms with Gasteiger partial charge in [0.2, 0.25) is 23.8 Å². The molecule has 0 atom stereocenters. The molecule has 12 aromatic heterocycles. The minimum Gasteiger partial charge on any atom is -0.370 e. The summed E-state index contributed by atoms with van der Waals surface area (Å²) in [6.45, 7) is 17.3. The summed E-state index contributed by atoms with van der Waals surface area (Å²) in [4.78, 5) is 38.8. The second-order valence-electron chi connectivity index (χ2n) is 29.0. The Hall–Kier alpha value is -12.4. The van der Waals surface area contributed by atoms with Crippen LogP contribution in [-0.4, -0.2) is 164 Å². The molecule has 2 fully saturated rings. The third kappa shape index (κ3) is 19.4. The van der Waals surface area contributed by atoms with Crippen LogP contribution in [0, 0.1) is 0 Å². The first-order chi connectivity index (χ1) is 56.0. The van der Waals surface area contributed by atoms with Crippen LogP contribution >= 0.6 is 0 Å². The molecular formula is C70H92F8N36. The van der Waals surface area contributed by atoms with Crippen molar-refractivity contribution in [1.82, 2.24) is 139 Å². The van der Waals surface area contributed by atoms with Crippen LogP contribution in [0.3, 0.4) is 0 Å². The molecule has 12 aromatic rings. The zero-order chi connectivity index (χ0) is 87.7. The molecule has 12 heterocycles. The fourth-order valence-electron chi connectivity index (χ4n) is 10.9. The van der Waals surface area contributed by atoms with E-state index in [0.29, 0.717) is 36.1 Å². The molecule has 114 heavy (non-hydrogen) atoms. The zero-order valence-corrected chi connectivity index (χ0v) is 65.2. The highest BCUT2D eigenvalue weighted by Gasteiger charge is 2.38. The Morgan fingerprint density at radius 3 is 0.789 bits per heavy atom. The Morgan fingerprint density at radius 1 is 0.351 bits per heavy atom. The molecule has 0 unspecified atom stereocenters. The number of hydrogen-bond donors (Lipinski definition) is 8. The highest BCUT2D eigenvalue weighted by molar-refractivity contribution is 5.60. The maximum atomic E-state index is 14.0. The van der Waals surface area contributed by atoms with Gasteiger partial charge >= 0.3 is 0 Å². The standard InChI is InChI=1S/2C18H23F2N9.2C17H23F2N9/c2*1-17(2,29-22-7-8-23-29)13-9-14(28(4)27-13)25-16-21-10-12(18(3,19)20)15(26-16)24-11-5-6-11;2*1-6-20-14-11(17(4,18)19)10-21-15(25-14)24-13-9-12(26-27(13)5)16(2,3)28-22-7-8-23-28/h2*7-11H,5-6H2,1-4H3,(H2,21,24,25,26);2*7-10H,6H2,1-5H3,(H2,20,21,24,25)/i4D3;;5D3;. The van der Waals surface area contributed by atoms with Crippen molar-refractivity contribution in [2.24, 2.45) is 28.0 Å². The molecule has 2 saturated carbocycles. The lowest BCUT2D eigenvalue weighted by Gasteiger charge is -2.20. The van der Waals surface area contributed by atoms with E-state index in [0.717, 1.165) is 98.9 Å². The molecule has 8 N–H and O–H groups in total. The molecule has 2 aliphatic rings. The van der Waals surface area contributed by atoms with Crippen molar-refractivity contribution in [3.05, 3.63) is 144 Å². The Balaban J connectivity index is 0.000000157. The summed E-state index contributed by atoms with van der Waals surface area (Å²) in [5, 5.41) is 74.1. The number of nitrogens with one attached hydrogen (secondary N) is 8. The summed E-state index contributed by atoms with van der Waals surface area (Å²) in [5.74, 6) is -10.5. The summed E-state index contributed by atoms with van der Waals surface area (Å²) < 4.78 is 163. The third-order valence-electron chi connectivity index (χ3n) is 17.9. The van der Waals surface area contributed by atoms with Gasteiger partial charge in [-0.2, -0.15) is 100 Å². The maximum Gasteiger partial charge on any atom is 0.275 e. The highest BCUT2D eigenvalue weighted by Crippen LogP contribution is 2.40. The van der Waals surface area contributed by atoms with Crippen LogP contribution in [0.15, 0.2) is 98.6 Å². The Labute approximate surface area is 658 Å². The molecular weight excluding hydrogens is 1500 g/mol. The lowest BCUT2D eigenvalue weighted by Crippen LogP contribution is -2.30. The molecule has 608 valence electrons. The number of aromatic nitrogens is 28. The summed E-state index contributed by atoms with van der Waals surface area (Å²) in [5.41, 5.74) is -1.84. The van der Waals surface area contributed by atoms with Gasteiger partial charge in [-0.3, -0.25) is 18.7 Å². The van der Waals surface area contributed by atoms with Gasteiger partial charge in [-0.15, -0.1) is 0 Å². The van der Waals surface area contributed by atoms with Crippen molar-refractivity contribution >= 4 is 70.3 Å². The molecule has 14 rings (SSSR count). The van der Waals surface area contributed by atoms with Gasteiger partial charge in [-0.1, -0.05) is 0 Å². The van der Waals surface area contributed by atoms with Gasteiger partial charge in [0, 0.05) is 138 Å². The number of alkyl halides is 8. The van der Waals surface area contributed by atoms with Crippen LogP contribution in [0.4, 0.5) is 105 Å². The van der Waals surface area contributed by atoms with Gasteiger partial charge in [0.05, 0.1) is 94.6 Å². The van der Waals surface area contributed by atoms with E-state index in [1.807, 2.05) is 46.8 Å². The van der Waals surface area contributed by atoms with Gasteiger partial charge in [-0.25, -0.2) is 55.1 Å². The molecule has 2 aliphatic carbocycles. The molecule has 0 spiro atoms. The molecule has 0 radical (unpaired) electrons. The van der Waals surface area contributed by atoms with Crippen molar-refractivity contribution in [2.45, 2.75) is 181 Å². The predicted octanol–water partition coefficient (Wildman–Crippen LogP) is 11.8. The topological polar surface area (TPSA) is 393 Å². The number of anilines is 12. The van der Waals surface area contributed by atoms with Gasteiger partial charge in [-0.05, 0) is 94.9 Å². The van der Waals surface area contributed by atoms with Crippen LogP contribution in [0.2, 0.25) is 0 Å². The van der Waals surface area contributed by atoms with Crippen molar-refractivity contribution in [2.75, 3.05) is 55.6 Å². The van der Waals surface area contributed by atoms with E-state index in [9.17, 15) is 35.1 Å². The number of hydrogen-bond acceptors (Lipinski definition) is 28. The van der Waals surface area contributed by atoms with E-state index in [1.54, 1.807) is 92.5 Å². The third-order valence-corrected chi connectivity index (χ3v) is 17.9. The maximum absolute atomic E-state index is 14.0. The fourth-order valence-corrected chi connectivity index (χ4v) is 10.9. The van der Waals surface area contributed by atoms with E-state index < -0.39 is 59.8 Å².